The molecule has 1 aromatic rings. The first-order valence-electron chi connectivity index (χ1n) is 5.93. The van der Waals surface area contributed by atoms with Crippen molar-refractivity contribution in [2.45, 2.75) is 27.7 Å². The van der Waals surface area contributed by atoms with Crippen molar-refractivity contribution >= 4 is 34.9 Å². The number of halogens is 2. The van der Waals surface area contributed by atoms with Gasteiger partial charge in [-0.1, -0.05) is 23.2 Å². The first-order chi connectivity index (χ1) is 8.42. The van der Waals surface area contributed by atoms with E-state index in [1.165, 1.54) is 0 Å². The molecule has 1 rings (SSSR count). The molecule has 0 saturated heterocycles. The van der Waals surface area contributed by atoms with Gasteiger partial charge in [0, 0.05) is 18.1 Å². The maximum absolute atomic E-state index is 12.0. The Morgan fingerprint density at radius 1 is 1.22 bits per heavy atom. The van der Waals surface area contributed by atoms with Gasteiger partial charge in [-0.15, -0.1) is 0 Å². The summed E-state index contributed by atoms with van der Waals surface area (Å²) in [4.78, 5) is 13.6. The summed E-state index contributed by atoms with van der Waals surface area (Å²) in [5.74, 6) is 0. The molecule has 1 N–H and O–H groups in total. The Kier molecular flexibility index (Phi) is 5.29. The normalized spacial score (nSPS) is 10.3. The van der Waals surface area contributed by atoms with Gasteiger partial charge in [0.1, 0.15) is 0 Å². The van der Waals surface area contributed by atoms with Gasteiger partial charge in [0.15, 0.2) is 0 Å². The van der Waals surface area contributed by atoms with Crippen molar-refractivity contribution in [2.75, 3.05) is 18.4 Å². The summed E-state index contributed by atoms with van der Waals surface area (Å²) < 4.78 is 0. The second-order valence-corrected chi connectivity index (χ2v) is 4.85. The zero-order valence-electron chi connectivity index (χ0n) is 11.1. The largest absolute Gasteiger partial charge is 0.325 e. The number of nitrogens with zero attached hydrogens (tertiary/aromatic N) is 1. The standard InChI is InChI=1S/C13H18Cl2N2O/c1-5-17(6-2)13(18)16-10-7-8(3)11(14)9(4)12(10)15/h7H,5-6H2,1-4H3,(H,16,18). The van der Waals surface area contributed by atoms with Crippen LogP contribution in [0.4, 0.5) is 10.5 Å². The fourth-order valence-corrected chi connectivity index (χ4v) is 2.13. The van der Waals surface area contributed by atoms with Crippen LogP contribution < -0.4 is 5.32 Å². The van der Waals surface area contributed by atoms with Crippen molar-refractivity contribution in [3.05, 3.63) is 27.2 Å². The van der Waals surface area contributed by atoms with Crippen LogP contribution in [0.3, 0.4) is 0 Å². The molecule has 0 aliphatic heterocycles. The van der Waals surface area contributed by atoms with Crippen LogP contribution >= 0.6 is 23.2 Å². The van der Waals surface area contributed by atoms with Gasteiger partial charge < -0.3 is 10.2 Å². The summed E-state index contributed by atoms with van der Waals surface area (Å²) >= 11 is 12.3. The Balaban J connectivity index is 3.02. The van der Waals surface area contributed by atoms with Crippen molar-refractivity contribution in [1.82, 2.24) is 4.90 Å². The third kappa shape index (κ3) is 3.09. The number of anilines is 1. The Morgan fingerprint density at radius 2 is 1.78 bits per heavy atom. The highest BCUT2D eigenvalue weighted by molar-refractivity contribution is 6.38. The van der Waals surface area contributed by atoms with E-state index in [2.05, 4.69) is 5.32 Å². The highest BCUT2D eigenvalue weighted by Gasteiger charge is 2.15. The van der Waals surface area contributed by atoms with Gasteiger partial charge in [-0.3, -0.25) is 0 Å². The molecule has 2 amide bonds. The fraction of sp³-hybridized carbons (Fsp3) is 0.462. The highest BCUT2D eigenvalue weighted by Crippen LogP contribution is 2.33. The Labute approximate surface area is 118 Å². The number of urea groups is 1. The second-order valence-electron chi connectivity index (χ2n) is 4.10. The molecule has 0 fully saturated rings. The first-order valence-corrected chi connectivity index (χ1v) is 6.69. The van der Waals surface area contributed by atoms with E-state index in [9.17, 15) is 4.79 Å². The third-order valence-electron chi connectivity index (χ3n) is 2.89. The van der Waals surface area contributed by atoms with Crippen LogP contribution in [0.5, 0.6) is 0 Å². The van der Waals surface area contributed by atoms with Crippen LogP contribution in [-0.4, -0.2) is 24.0 Å². The Hall–Kier alpha value is -0.930. The number of hydrogen-bond donors (Lipinski definition) is 1. The molecule has 0 saturated carbocycles. The molecule has 0 aliphatic carbocycles. The lowest BCUT2D eigenvalue weighted by Gasteiger charge is -2.20. The van der Waals surface area contributed by atoms with E-state index >= 15 is 0 Å². The van der Waals surface area contributed by atoms with E-state index < -0.39 is 0 Å². The predicted molar refractivity (Wildman–Crippen MR) is 77.9 cm³/mol. The summed E-state index contributed by atoms with van der Waals surface area (Å²) in [6, 6.07) is 1.64. The van der Waals surface area contributed by atoms with Crippen LogP contribution in [0.2, 0.25) is 10.0 Å². The van der Waals surface area contributed by atoms with Crippen LogP contribution in [0.25, 0.3) is 0 Å². The molecule has 5 heteroatoms. The van der Waals surface area contributed by atoms with Crippen molar-refractivity contribution in [3.8, 4) is 0 Å². The van der Waals surface area contributed by atoms with E-state index in [1.807, 2.05) is 27.7 Å². The van der Waals surface area contributed by atoms with E-state index in [0.717, 1.165) is 11.1 Å². The van der Waals surface area contributed by atoms with Crippen LogP contribution in [-0.2, 0) is 0 Å². The molecule has 0 aromatic heterocycles. The molecule has 0 atom stereocenters. The van der Waals surface area contributed by atoms with Gasteiger partial charge in [0.05, 0.1) is 10.7 Å². The van der Waals surface area contributed by atoms with Crippen LogP contribution in [0, 0.1) is 13.8 Å². The molecule has 0 aliphatic rings. The smallest absolute Gasteiger partial charge is 0.321 e. The van der Waals surface area contributed by atoms with Crippen LogP contribution in [0.1, 0.15) is 25.0 Å². The van der Waals surface area contributed by atoms with Gasteiger partial charge in [0.25, 0.3) is 0 Å². The Bertz CT molecular complexity index is 457. The minimum atomic E-state index is -0.150. The van der Waals surface area contributed by atoms with Gasteiger partial charge in [-0.05, 0) is 44.9 Å². The zero-order valence-corrected chi connectivity index (χ0v) is 12.6. The molecule has 3 nitrogen and oxygen atoms in total. The molecular formula is C13H18Cl2N2O. The van der Waals surface area contributed by atoms with E-state index in [4.69, 9.17) is 23.2 Å². The fourth-order valence-electron chi connectivity index (χ4n) is 1.73. The van der Waals surface area contributed by atoms with E-state index in [1.54, 1.807) is 11.0 Å². The number of hydrogen-bond acceptors (Lipinski definition) is 1. The van der Waals surface area contributed by atoms with Gasteiger partial charge in [0.2, 0.25) is 0 Å². The number of benzene rings is 1. The lowest BCUT2D eigenvalue weighted by Crippen LogP contribution is -2.34. The average molecular weight is 289 g/mol. The summed E-state index contributed by atoms with van der Waals surface area (Å²) in [5.41, 5.74) is 2.29. The number of amides is 2. The predicted octanol–water partition coefficient (Wildman–Crippen LogP) is 4.48. The maximum atomic E-state index is 12.0. The van der Waals surface area contributed by atoms with E-state index in [-0.39, 0.29) is 6.03 Å². The van der Waals surface area contributed by atoms with Gasteiger partial charge in [-0.2, -0.15) is 0 Å². The SMILES string of the molecule is CCN(CC)C(=O)Nc1cc(C)c(Cl)c(C)c1Cl. The summed E-state index contributed by atoms with van der Waals surface area (Å²) in [6.45, 7) is 8.91. The van der Waals surface area contributed by atoms with E-state index in [0.29, 0.717) is 28.8 Å². The second kappa shape index (κ2) is 6.30. The highest BCUT2D eigenvalue weighted by atomic mass is 35.5. The molecule has 0 bridgehead atoms. The molecular weight excluding hydrogens is 271 g/mol. The van der Waals surface area contributed by atoms with Crippen molar-refractivity contribution in [3.63, 3.8) is 0 Å². The first kappa shape index (κ1) is 15.1. The average Bonchev–Trinajstić information content (AvgIpc) is 2.35. The van der Waals surface area contributed by atoms with Crippen molar-refractivity contribution < 1.29 is 4.79 Å². The maximum Gasteiger partial charge on any atom is 0.321 e. The number of carbonyl (C=O) groups excluding carboxylic acids is 1. The molecule has 100 valence electrons. The number of aryl methyl sites for hydroxylation is 1. The molecule has 0 unspecified atom stereocenters. The molecule has 0 heterocycles. The quantitative estimate of drug-likeness (QED) is 0.874. The lowest BCUT2D eigenvalue weighted by molar-refractivity contribution is 0.217. The topological polar surface area (TPSA) is 32.3 Å². The minimum absolute atomic E-state index is 0.150. The number of nitrogens with one attached hydrogen (secondary N) is 1. The minimum Gasteiger partial charge on any atom is -0.325 e. The van der Waals surface area contributed by atoms with Crippen LogP contribution in [0.15, 0.2) is 6.07 Å². The van der Waals surface area contributed by atoms with Gasteiger partial charge in [-0.25, -0.2) is 4.79 Å². The molecule has 0 spiro atoms. The third-order valence-corrected chi connectivity index (χ3v) is 3.96. The Morgan fingerprint density at radius 3 is 2.28 bits per heavy atom. The summed E-state index contributed by atoms with van der Waals surface area (Å²) in [7, 11) is 0. The summed E-state index contributed by atoms with van der Waals surface area (Å²) in [6.07, 6.45) is 0. The van der Waals surface area contributed by atoms with Crippen molar-refractivity contribution in [1.29, 1.82) is 0 Å². The molecule has 0 radical (unpaired) electrons. The van der Waals surface area contributed by atoms with Crippen molar-refractivity contribution in [2.24, 2.45) is 0 Å². The number of carbonyl (C=O) groups is 1. The number of rotatable bonds is 3. The van der Waals surface area contributed by atoms with Gasteiger partial charge >= 0.3 is 6.03 Å². The zero-order chi connectivity index (χ0) is 13.9. The monoisotopic (exact) mass is 288 g/mol. The molecule has 1 aromatic carbocycles. The summed E-state index contributed by atoms with van der Waals surface area (Å²) in [5, 5.41) is 3.95. The lowest BCUT2D eigenvalue weighted by atomic mass is 10.1. The molecule has 18 heavy (non-hydrogen) atoms.